The quantitative estimate of drug-likeness (QED) is 0.472. The molecule has 1 saturated heterocycles. The number of nitrogens with zero attached hydrogens (tertiary/aromatic N) is 2. The maximum absolute atomic E-state index is 14.6. The van der Waals surface area contributed by atoms with Crippen LogP contribution in [-0.2, 0) is 16.1 Å². The van der Waals surface area contributed by atoms with Crippen LogP contribution < -0.4 is 0 Å². The predicted octanol–water partition coefficient (Wildman–Crippen LogP) is 6.66. The summed E-state index contributed by atoms with van der Waals surface area (Å²) in [6.07, 6.45) is 13.1. The summed E-state index contributed by atoms with van der Waals surface area (Å²) in [7, 11) is 0. The second-order valence-corrected chi connectivity index (χ2v) is 10.8. The van der Waals surface area contributed by atoms with Gasteiger partial charge in [-0.05, 0) is 43.2 Å². The number of rotatable bonds is 6. The zero-order chi connectivity index (χ0) is 24.0. The first kappa shape index (κ1) is 24.1. The lowest BCUT2D eigenvalue weighted by Crippen LogP contribution is -2.55. The number of carbonyl (C=O) groups excluding carboxylic acids is 2. The summed E-state index contributed by atoms with van der Waals surface area (Å²) in [4.78, 5) is 32.3. The van der Waals surface area contributed by atoms with Crippen molar-refractivity contribution >= 4 is 11.8 Å². The van der Waals surface area contributed by atoms with E-state index in [4.69, 9.17) is 0 Å². The third-order valence-electron chi connectivity index (χ3n) is 8.55. The fourth-order valence-electron chi connectivity index (χ4n) is 6.81. The molecule has 2 aromatic rings. The van der Waals surface area contributed by atoms with Crippen molar-refractivity contribution in [2.45, 2.75) is 102 Å². The van der Waals surface area contributed by atoms with Crippen LogP contribution in [0, 0.1) is 5.92 Å². The van der Waals surface area contributed by atoms with Gasteiger partial charge in [0.1, 0.15) is 0 Å². The topological polar surface area (TPSA) is 40.6 Å². The summed E-state index contributed by atoms with van der Waals surface area (Å²) in [5.74, 6) is 0.291. The van der Waals surface area contributed by atoms with Crippen molar-refractivity contribution in [1.29, 1.82) is 0 Å². The van der Waals surface area contributed by atoms with E-state index < -0.39 is 0 Å². The summed E-state index contributed by atoms with van der Waals surface area (Å²) in [6.45, 7) is 0.551. The van der Waals surface area contributed by atoms with Gasteiger partial charge < -0.3 is 9.80 Å². The Morgan fingerprint density at radius 2 is 1.29 bits per heavy atom. The van der Waals surface area contributed by atoms with E-state index in [1.54, 1.807) is 0 Å². The van der Waals surface area contributed by atoms with Crippen molar-refractivity contribution in [2.75, 3.05) is 0 Å². The third kappa shape index (κ3) is 5.47. The minimum Gasteiger partial charge on any atom is -0.336 e. The van der Waals surface area contributed by atoms with Crippen LogP contribution in [-0.4, -0.2) is 33.7 Å². The molecule has 35 heavy (non-hydrogen) atoms. The van der Waals surface area contributed by atoms with E-state index in [-0.39, 0.29) is 17.9 Å². The van der Waals surface area contributed by atoms with Gasteiger partial charge >= 0.3 is 0 Å². The monoisotopic (exact) mass is 472 g/mol. The van der Waals surface area contributed by atoms with Crippen molar-refractivity contribution in [1.82, 2.24) is 9.80 Å². The Balaban J connectivity index is 1.49. The molecule has 5 rings (SSSR count). The molecule has 4 nitrogen and oxygen atoms in total. The average molecular weight is 473 g/mol. The molecule has 3 aliphatic rings. The molecular weight excluding hydrogens is 432 g/mol. The van der Waals surface area contributed by atoms with Gasteiger partial charge in [-0.3, -0.25) is 9.59 Å². The van der Waals surface area contributed by atoms with E-state index in [0.29, 0.717) is 37.4 Å². The van der Waals surface area contributed by atoms with E-state index >= 15 is 0 Å². The number of likely N-dealkylation sites (tertiary alicyclic amines) is 1. The molecule has 0 radical (unpaired) electrons. The summed E-state index contributed by atoms with van der Waals surface area (Å²) in [5.41, 5.74) is 2.20. The number of benzene rings is 2. The largest absolute Gasteiger partial charge is 0.336 e. The normalized spacial score (nSPS) is 24.3. The molecule has 4 heteroatoms. The van der Waals surface area contributed by atoms with Crippen molar-refractivity contribution in [2.24, 2.45) is 5.92 Å². The van der Waals surface area contributed by atoms with Gasteiger partial charge in [-0.25, -0.2) is 0 Å². The van der Waals surface area contributed by atoms with Gasteiger partial charge in [0.15, 0.2) is 0 Å². The van der Waals surface area contributed by atoms with Crippen LogP contribution in [0.25, 0.3) is 0 Å². The first-order valence-electron chi connectivity index (χ1n) is 13.9. The second kappa shape index (κ2) is 11.4. The molecule has 2 amide bonds. The lowest BCUT2D eigenvalue weighted by Gasteiger charge is -2.47. The summed E-state index contributed by atoms with van der Waals surface area (Å²) < 4.78 is 0. The standard InChI is InChI=1S/C31H40N2O2/c34-29-22-21-28(31(35)33(26-17-9-3-10-18-26)27-19-11-4-12-20-27)30(25-15-7-2-8-16-25)32(29)23-24-13-5-1-6-14-24/h1-2,5-8,13-16,26-28,30H,3-4,9-12,17-23H2/t28-,30+/m1/s1. The van der Waals surface area contributed by atoms with Crippen molar-refractivity contribution in [3.63, 3.8) is 0 Å². The van der Waals surface area contributed by atoms with Crippen LogP contribution in [0.2, 0.25) is 0 Å². The molecule has 2 aliphatic carbocycles. The third-order valence-corrected chi connectivity index (χ3v) is 8.55. The highest BCUT2D eigenvalue weighted by atomic mass is 16.2. The van der Waals surface area contributed by atoms with E-state index in [2.05, 4.69) is 29.2 Å². The SMILES string of the molecule is O=C([C@@H]1CCC(=O)N(Cc2ccccc2)[C@H]1c1ccccc1)N(C1CCCCC1)C1CCCCC1. The van der Waals surface area contributed by atoms with Gasteiger partial charge in [0, 0.05) is 25.0 Å². The van der Waals surface area contributed by atoms with Gasteiger partial charge in [0.2, 0.25) is 11.8 Å². The highest BCUT2D eigenvalue weighted by Crippen LogP contribution is 2.41. The van der Waals surface area contributed by atoms with Crippen LogP contribution in [0.5, 0.6) is 0 Å². The molecule has 0 unspecified atom stereocenters. The number of carbonyl (C=O) groups is 2. The van der Waals surface area contributed by atoms with Gasteiger partial charge in [0.05, 0.1) is 12.0 Å². The fourth-order valence-corrected chi connectivity index (χ4v) is 6.81. The zero-order valence-corrected chi connectivity index (χ0v) is 21.0. The molecule has 1 aliphatic heterocycles. The van der Waals surface area contributed by atoms with Crippen molar-refractivity contribution in [3.8, 4) is 0 Å². The lowest BCUT2D eigenvalue weighted by molar-refractivity contribution is -0.153. The fraction of sp³-hybridized carbons (Fsp3) is 0.548. The molecule has 186 valence electrons. The highest BCUT2D eigenvalue weighted by Gasteiger charge is 2.44. The van der Waals surface area contributed by atoms with Crippen LogP contribution in [0.1, 0.15) is 94.2 Å². The Hall–Kier alpha value is -2.62. The number of hydrogen-bond donors (Lipinski definition) is 0. The smallest absolute Gasteiger partial charge is 0.228 e. The Bertz CT molecular complexity index is 946. The van der Waals surface area contributed by atoms with Crippen LogP contribution in [0.4, 0.5) is 0 Å². The summed E-state index contributed by atoms with van der Waals surface area (Å²) >= 11 is 0. The van der Waals surface area contributed by atoms with Gasteiger partial charge in [0.25, 0.3) is 0 Å². The van der Waals surface area contributed by atoms with E-state index in [1.807, 2.05) is 41.3 Å². The Morgan fingerprint density at radius 1 is 0.743 bits per heavy atom. The van der Waals surface area contributed by atoms with Crippen molar-refractivity contribution in [3.05, 3.63) is 71.8 Å². The molecule has 2 aromatic carbocycles. The van der Waals surface area contributed by atoms with Crippen molar-refractivity contribution < 1.29 is 9.59 Å². The summed E-state index contributed by atoms with van der Waals surface area (Å²) in [6, 6.07) is 21.1. The first-order valence-corrected chi connectivity index (χ1v) is 13.9. The molecule has 2 atom stereocenters. The summed E-state index contributed by atoms with van der Waals surface area (Å²) in [5, 5.41) is 0. The van der Waals surface area contributed by atoms with E-state index in [1.165, 1.54) is 38.5 Å². The Morgan fingerprint density at radius 3 is 1.86 bits per heavy atom. The van der Waals surface area contributed by atoms with E-state index in [9.17, 15) is 9.59 Å². The van der Waals surface area contributed by atoms with Gasteiger partial charge in [-0.15, -0.1) is 0 Å². The van der Waals surface area contributed by atoms with Crippen LogP contribution >= 0.6 is 0 Å². The minimum absolute atomic E-state index is 0.161. The number of piperidine rings is 1. The van der Waals surface area contributed by atoms with Crippen LogP contribution in [0.3, 0.4) is 0 Å². The molecule has 2 saturated carbocycles. The van der Waals surface area contributed by atoms with E-state index in [0.717, 1.165) is 36.8 Å². The predicted molar refractivity (Wildman–Crippen MR) is 139 cm³/mol. The molecule has 0 bridgehead atoms. The average Bonchev–Trinajstić information content (AvgIpc) is 2.92. The second-order valence-electron chi connectivity index (χ2n) is 10.8. The molecular formula is C31H40N2O2. The molecule has 3 fully saturated rings. The zero-order valence-electron chi connectivity index (χ0n) is 21.0. The highest BCUT2D eigenvalue weighted by molar-refractivity contribution is 5.85. The first-order chi connectivity index (χ1) is 17.2. The Labute approximate surface area is 210 Å². The number of hydrogen-bond acceptors (Lipinski definition) is 2. The number of amides is 2. The maximum atomic E-state index is 14.6. The minimum atomic E-state index is -0.208. The molecule has 1 heterocycles. The molecule has 0 N–H and O–H groups in total. The Kier molecular flexibility index (Phi) is 7.85. The molecule has 0 spiro atoms. The van der Waals surface area contributed by atoms with Gasteiger partial charge in [-0.2, -0.15) is 0 Å². The lowest BCUT2D eigenvalue weighted by atomic mass is 9.80. The van der Waals surface area contributed by atoms with Gasteiger partial charge in [-0.1, -0.05) is 99.2 Å². The van der Waals surface area contributed by atoms with Crippen LogP contribution in [0.15, 0.2) is 60.7 Å². The molecule has 0 aromatic heterocycles. The maximum Gasteiger partial charge on any atom is 0.228 e.